The lowest BCUT2D eigenvalue weighted by molar-refractivity contribution is -0.119. The summed E-state index contributed by atoms with van der Waals surface area (Å²) >= 11 is 3.31. The first-order chi connectivity index (χ1) is 6.15. The van der Waals surface area contributed by atoms with Gasteiger partial charge in [-0.05, 0) is 17.7 Å². The molecule has 0 saturated heterocycles. The minimum Gasteiger partial charge on any atom is -0.369 e. The first kappa shape index (κ1) is 10.2. The van der Waals surface area contributed by atoms with E-state index in [0.717, 1.165) is 10.0 Å². The monoisotopic (exact) mass is 242 g/mol. The SMILES string of the molecule is NC[C@@H](C(N)=O)c1ccc(Br)cc1. The van der Waals surface area contributed by atoms with Gasteiger partial charge in [-0.2, -0.15) is 0 Å². The van der Waals surface area contributed by atoms with Gasteiger partial charge in [-0.3, -0.25) is 4.79 Å². The maximum Gasteiger partial charge on any atom is 0.226 e. The van der Waals surface area contributed by atoms with Gasteiger partial charge in [-0.1, -0.05) is 28.1 Å². The summed E-state index contributed by atoms with van der Waals surface area (Å²) in [4.78, 5) is 10.9. The zero-order valence-corrected chi connectivity index (χ0v) is 8.62. The third-order valence-corrected chi connectivity index (χ3v) is 2.38. The van der Waals surface area contributed by atoms with Gasteiger partial charge in [-0.25, -0.2) is 0 Å². The van der Waals surface area contributed by atoms with Gasteiger partial charge in [-0.15, -0.1) is 0 Å². The Bertz CT molecular complexity index is 297. The summed E-state index contributed by atoms with van der Waals surface area (Å²) in [5, 5.41) is 0. The van der Waals surface area contributed by atoms with Crippen LogP contribution in [0.2, 0.25) is 0 Å². The summed E-state index contributed by atoms with van der Waals surface area (Å²) in [6, 6.07) is 7.40. The Labute approximate surface area is 85.2 Å². The molecule has 13 heavy (non-hydrogen) atoms. The second kappa shape index (κ2) is 4.39. The van der Waals surface area contributed by atoms with E-state index >= 15 is 0 Å². The highest BCUT2D eigenvalue weighted by molar-refractivity contribution is 9.10. The molecule has 3 nitrogen and oxygen atoms in total. The molecule has 1 atom stereocenters. The standard InChI is InChI=1S/C9H11BrN2O/c10-7-3-1-6(2-4-7)8(5-11)9(12)13/h1-4,8H,5,11H2,(H2,12,13)/t8-/m1/s1. The molecule has 0 aliphatic carbocycles. The Morgan fingerprint density at radius 3 is 2.31 bits per heavy atom. The summed E-state index contributed by atoms with van der Waals surface area (Å²) in [5.41, 5.74) is 11.5. The fourth-order valence-electron chi connectivity index (χ4n) is 1.11. The van der Waals surface area contributed by atoms with Gasteiger partial charge in [0.15, 0.2) is 0 Å². The Morgan fingerprint density at radius 2 is 1.92 bits per heavy atom. The number of nitrogens with two attached hydrogens (primary N) is 2. The lowest BCUT2D eigenvalue weighted by Crippen LogP contribution is -2.27. The van der Waals surface area contributed by atoms with Crippen molar-refractivity contribution in [3.63, 3.8) is 0 Å². The average molecular weight is 243 g/mol. The molecule has 0 fully saturated rings. The number of hydrogen-bond acceptors (Lipinski definition) is 2. The molecule has 0 aliphatic heterocycles. The number of halogens is 1. The fourth-order valence-corrected chi connectivity index (χ4v) is 1.38. The number of carbonyl (C=O) groups is 1. The van der Waals surface area contributed by atoms with E-state index in [9.17, 15) is 4.79 Å². The summed E-state index contributed by atoms with van der Waals surface area (Å²) in [5.74, 6) is -0.766. The summed E-state index contributed by atoms with van der Waals surface area (Å²) in [6.07, 6.45) is 0. The number of benzene rings is 1. The largest absolute Gasteiger partial charge is 0.369 e. The summed E-state index contributed by atoms with van der Waals surface area (Å²) in [6.45, 7) is 0.247. The molecule has 0 saturated carbocycles. The predicted molar refractivity (Wildman–Crippen MR) is 55.1 cm³/mol. The highest BCUT2D eigenvalue weighted by Gasteiger charge is 2.14. The second-order valence-electron chi connectivity index (χ2n) is 2.74. The van der Waals surface area contributed by atoms with E-state index in [4.69, 9.17) is 11.5 Å². The number of hydrogen-bond donors (Lipinski definition) is 2. The van der Waals surface area contributed by atoms with Crippen molar-refractivity contribution in [1.82, 2.24) is 0 Å². The molecule has 4 N–H and O–H groups in total. The van der Waals surface area contributed by atoms with Crippen molar-refractivity contribution in [1.29, 1.82) is 0 Å². The molecule has 0 aliphatic rings. The molecule has 1 amide bonds. The van der Waals surface area contributed by atoms with Crippen LogP contribution in [0, 0.1) is 0 Å². The Kier molecular flexibility index (Phi) is 3.45. The Balaban J connectivity index is 2.92. The van der Waals surface area contributed by atoms with Gasteiger partial charge < -0.3 is 11.5 Å². The van der Waals surface area contributed by atoms with Gasteiger partial charge >= 0.3 is 0 Å². The fraction of sp³-hybridized carbons (Fsp3) is 0.222. The van der Waals surface area contributed by atoms with Crippen LogP contribution in [0.3, 0.4) is 0 Å². The van der Waals surface area contributed by atoms with Crippen molar-refractivity contribution in [2.75, 3.05) is 6.54 Å². The summed E-state index contributed by atoms with van der Waals surface area (Å²) < 4.78 is 0.969. The van der Waals surface area contributed by atoms with Gasteiger partial charge in [0.05, 0.1) is 5.92 Å². The highest BCUT2D eigenvalue weighted by atomic mass is 79.9. The van der Waals surface area contributed by atoms with E-state index in [1.165, 1.54) is 0 Å². The minimum atomic E-state index is -0.384. The van der Waals surface area contributed by atoms with E-state index in [2.05, 4.69) is 15.9 Å². The third-order valence-electron chi connectivity index (χ3n) is 1.85. The molecule has 0 spiro atoms. The zero-order chi connectivity index (χ0) is 9.84. The topological polar surface area (TPSA) is 69.1 Å². The number of rotatable bonds is 3. The van der Waals surface area contributed by atoms with Crippen molar-refractivity contribution in [3.05, 3.63) is 34.3 Å². The maximum absolute atomic E-state index is 10.9. The molecule has 1 rings (SSSR count). The molecule has 0 radical (unpaired) electrons. The minimum absolute atomic E-state index is 0.247. The first-order valence-electron chi connectivity index (χ1n) is 3.90. The molecule has 0 unspecified atom stereocenters. The molecule has 70 valence electrons. The Hall–Kier alpha value is -0.870. The van der Waals surface area contributed by atoms with Crippen LogP contribution in [-0.4, -0.2) is 12.5 Å². The van der Waals surface area contributed by atoms with E-state index in [-0.39, 0.29) is 18.4 Å². The molecule has 0 heterocycles. The average Bonchev–Trinajstić information content (AvgIpc) is 2.09. The highest BCUT2D eigenvalue weighted by Crippen LogP contribution is 2.17. The number of amides is 1. The molecular formula is C9H11BrN2O. The van der Waals surface area contributed by atoms with E-state index in [1.54, 1.807) is 0 Å². The van der Waals surface area contributed by atoms with Crippen LogP contribution in [0.5, 0.6) is 0 Å². The molecule has 1 aromatic rings. The lowest BCUT2D eigenvalue weighted by Gasteiger charge is -2.10. The number of carbonyl (C=O) groups excluding carboxylic acids is 1. The lowest BCUT2D eigenvalue weighted by atomic mass is 9.99. The maximum atomic E-state index is 10.9. The smallest absolute Gasteiger partial charge is 0.226 e. The van der Waals surface area contributed by atoms with Crippen molar-refractivity contribution in [2.45, 2.75) is 5.92 Å². The van der Waals surface area contributed by atoms with Gasteiger partial charge in [0, 0.05) is 11.0 Å². The van der Waals surface area contributed by atoms with Crippen LogP contribution < -0.4 is 11.5 Å². The molecule has 0 aromatic heterocycles. The molecule has 4 heteroatoms. The van der Waals surface area contributed by atoms with Crippen LogP contribution in [0.1, 0.15) is 11.5 Å². The van der Waals surface area contributed by atoms with Crippen molar-refractivity contribution < 1.29 is 4.79 Å². The quantitative estimate of drug-likeness (QED) is 0.830. The summed E-state index contributed by atoms with van der Waals surface area (Å²) in [7, 11) is 0. The molecular weight excluding hydrogens is 232 g/mol. The van der Waals surface area contributed by atoms with Crippen molar-refractivity contribution >= 4 is 21.8 Å². The second-order valence-corrected chi connectivity index (χ2v) is 3.66. The van der Waals surface area contributed by atoms with Crippen LogP contribution in [0.4, 0.5) is 0 Å². The van der Waals surface area contributed by atoms with E-state index in [1.807, 2.05) is 24.3 Å². The van der Waals surface area contributed by atoms with Crippen molar-refractivity contribution in [2.24, 2.45) is 11.5 Å². The zero-order valence-electron chi connectivity index (χ0n) is 7.03. The predicted octanol–water partition coefficient (Wildman–Crippen LogP) is 0.977. The van der Waals surface area contributed by atoms with E-state index < -0.39 is 0 Å². The number of primary amides is 1. The van der Waals surface area contributed by atoms with E-state index in [0.29, 0.717) is 0 Å². The Morgan fingerprint density at radius 1 is 1.38 bits per heavy atom. The van der Waals surface area contributed by atoms with Crippen LogP contribution in [0.25, 0.3) is 0 Å². The van der Waals surface area contributed by atoms with Gasteiger partial charge in [0.25, 0.3) is 0 Å². The van der Waals surface area contributed by atoms with Gasteiger partial charge in [0.1, 0.15) is 0 Å². The molecule has 1 aromatic carbocycles. The van der Waals surface area contributed by atoms with Crippen LogP contribution in [0.15, 0.2) is 28.7 Å². The normalized spacial score (nSPS) is 12.5. The molecule has 0 bridgehead atoms. The third kappa shape index (κ3) is 2.54. The van der Waals surface area contributed by atoms with Crippen LogP contribution in [-0.2, 0) is 4.79 Å². The van der Waals surface area contributed by atoms with Crippen molar-refractivity contribution in [3.8, 4) is 0 Å². The first-order valence-corrected chi connectivity index (χ1v) is 4.69. The van der Waals surface area contributed by atoms with Gasteiger partial charge in [0.2, 0.25) is 5.91 Å². The van der Waals surface area contributed by atoms with Crippen LogP contribution >= 0.6 is 15.9 Å².